The van der Waals surface area contributed by atoms with E-state index in [0.29, 0.717) is 16.6 Å². The minimum atomic E-state index is -0.165. The van der Waals surface area contributed by atoms with Crippen molar-refractivity contribution >= 4 is 57.1 Å². The van der Waals surface area contributed by atoms with Crippen LogP contribution in [0.3, 0.4) is 0 Å². The van der Waals surface area contributed by atoms with Gasteiger partial charge >= 0.3 is 0 Å². The van der Waals surface area contributed by atoms with Crippen LogP contribution in [0.5, 0.6) is 0 Å². The van der Waals surface area contributed by atoms with E-state index in [-0.39, 0.29) is 11.9 Å². The molecular formula is C34H28ClN3OS. The van der Waals surface area contributed by atoms with Crippen molar-refractivity contribution < 1.29 is 4.79 Å². The number of hydrogen-bond donors (Lipinski definition) is 0. The molecule has 1 amide bonds. The number of carbonyl (C=O) groups is 1. The van der Waals surface area contributed by atoms with Crippen molar-refractivity contribution in [2.24, 2.45) is 4.99 Å². The lowest BCUT2D eigenvalue weighted by Crippen LogP contribution is -2.32. The zero-order valence-corrected chi connectivity index (χ0v) is 23.9. The van der Waals surface area contributed by atoms with Gasteiger partial charge in [-0.1, -0.05) is 90.5 Å². The number of amidine groups is 1. The summed E-state index contributed by atoms with van der Waals surface area (Å²) in [6.07, 6.45) is 2.04. The molecule has 0 unspecified atom stereocenters. The second-order valence-electron chi connectivity index (χ2n) is 9.83. The van der Waals surface area contributed by atoms with Crippen molar-refractivity contribution in [3.05, 3.63) is 142 Å². The van der Waals surface area contributed by atoms with E-state index in [1.54, 1.807) is 0 Å². The number of thioether (sulfide) groups is 1. The molecule has 0 N–H and O–H groups in total. The van der Waals surface area contributed by atoms with Crippen molar-refractivity contribution in [2.45, 2.75) is 26.4 Å². The van der Waals surface area contributed by atoms with Crippen LogP contribution in [0.15, 0.2) is 119 Å². The number of fused-ring (bicyclic) bond motifs is 1. The number of aromatic nitrogens is 1. The Morgan fingerprint density at radius 3 is 2.25 bits per heavy atom. The Hall–Kier alpha value is -4.06. The van der Waals surface area contributed by atoms with Gasteiger partial charge in [0.05, 0.1) is 16.6 Å². The molecule has 40 heavy (non-hydrogen) atoms. The van der Waals surface area contributed by atoms with Crippen molar-refractivity contribution in [2.75, 3.05) is 0 Å². The van der Waals surface area contributed by atoms with Crippen LogP contribution >= 0.6 is 23.4 Å². The number of benzene rings is 4. The molecule has 1 atom stereocenters. The Morgan fingerprint density at radius 1 is 0.875 bits per heavy atom. The fraction of sp³-hybridized carbons (Fsp3) is 0.118. The molecule has 0 saturated carbocycles. The standard InChI is InChI=1S/C34H28ClN3OS/c1-23(26-11-5-3-6-12-26)38-33(39)32(40-34(38)36-28-13-7-4-8-14-28)21-30-24(2)37(31-16-10-9-15-29(30)31)22-25-17-19-27(35)20-18-25/h3-21,23H,22H2,1-2H3/b32-21+,36-34?/t23-/m0/s1. The van der Waals surface area contributed by atoms with Gasteiger partial charge in [-0.2, -0.15) is 0 Å². The average molecular weight is 562 g/mol. The Labute approximate surface area is 243 Å². The van der Waals surface area contributed by atoms with Crippen molar-refractivity contribution in [3.8, 4) is 0 Å². The van der Waals surface area contributed by atoms with Gasteiger partial charge in [0.15, 0.2) is 5.17 Å². The summed E-state index contributed by atoms with van der Waals surface area (Å²) < 4.78 is 2.30. The molecule has 2 heterocycles. The van der Waals surface area contributed by atoms with Gasteiger partial charge < -0.3 is 4.57 Å². The molecule has 198 valence electrons. The van der Waals surface area contributed by atoms with Crippen LogP contribution in [-0.4, -0.2) is 20.5 Å². The number of amides is 1. The molecule has 5 aromatic rings. The molecule has 6 rings (SSSR count). The average Bonchev–Trinajstić information content (AvgIpc) is 3.43. The van der Waals surface area contributed by atoms with Crippen LogP contribution < -0.4 is 0 Å². The minimum Gasteiger partial charge on any atom is -0.340 e. The first kappa shape index (κ1) is 26.2. The molecule has 0 radical (unpaired) electrons. The van der Waals surface area contributed by atoms with Gasteiger partial charge in [-0.25, -0.2) is 4.99 Å². The minimum absolute atomic E-state index is 0.0371. The maximum absolute atomic E-state index is 14.0. The predicted octanol–water partition coefficient (Wildman–Crippen LogP) is 9.02. The summed E-state index contributed by atoms with van der Waals surface area (Å²) in [5.74, 6) is -0.0371. The van der Waals surface area contributed by atoms with Crippen molar-refractivity contribution in [3.63, 3.8) is 0 Å². The van der Waals surface area contributed by atoms with E-state index < -0.39 is 0 Å². The first-order valence-corrected chi connectivity index (χ1v) is 14.4. The Morgan fingerprint density at radius 2 is 1.52 bits per heavy atom. The van der Waals surface area contributed by atoms with E-state index in [4.69, 9.17) is 16.6 Å². The Bertz CT molecular complexity index is 1740. The molecule has 1 fully saturated rings. The quantitative estimate of drug-likeness (QED) is 0.194. The zero-order chi connectivity index (χ0) is 27.6. The molecule has 1 aliphatic heterocycles. The highest BCUT2D eigenvalue weighted by Crippen LogP contribution is 2.40. The van der Waals surface area contributed by atoms with Crippen LogP contribution in [0, 0.1) is 6.92 Å². The van der Waals surface area contributed by atoms with Gasteiger partial charge in [0.2, 0.25) is 0 Å². The van der Waals surface area contributed by atoms with Gasteiger partial charge in [-0.15, -0.1) is 0 Å². The summed E-state index contributed by atoms with van der Waals surface area (Å²) in [5, 5.41) is 2.52. The fourth-order valence-corrected chi connectivity index (χ4v) is 6.32. The van der Waals surface area contributed by atoms with Gasteiger partial charge in [-0.05, 0) is 73.1 Å². The summed E-state index contributed by atoms with van der Waals surface area (Å²) in [4.78, 5) is 21.4. The van der Waals surface area contributed by atoms with E-state index >= 15 is 0 Å². The molecule has 1 aliphatic rings. The molecule has 4 nitrogen and oxygen atoms in total. The van der Waals surface area contributed by atoms with E-state index in [1.165, 1.54) is 17.3 Å². The normalized spacial score (nSPS) is 16.4. The first-order chi connectivity index (χ1) is 19.5. The van der Waals surface area contributed by atoms with Crippen LogP contribution in [-0.2, 0) is 11.3 Å². The number of aliphatic imine (C=N–C) groups is 1. The van der Waals surface area contributed by atoms with E-state index in [9.17, 15) is 4.79 Å². The van der Waals surface area contributed by atoms with Crippen molar-refractivity contribution in [1.82, 2.24) is 9.47 Å². The largest absolute Gasteiger partial charge is 0.340 e. The van der Waals surface area contributed by atoms with E-state index in [0.717, 1.165) is 38.4 Å². The maximum Gasteiger partial charge on any atom is 0.267 e. The number of para-hydroxylation sites is 2. The van der Waals surface area contributed by atoms with Crippen LogP contribution in [0.2, 0.25) is 5.02 Å². The number of halogens is 1. The number of rotatable bonds is 6. The van der Waals surface area contributed by atoms with Gasteiger partial charge in [0.25, 0.3) is 5.91 Å². The topological polar surface area (TPSA) is 37.6 Å². The summed E-state index contributed by atoms with van der Waals surface area (Å²) >= 11 is 7.56. The third-order valence-electron chi connectivity index (χ3n) is 7.30. The highest BCUT2D eigenvalue weighted by molar-refractivity contribution is 8.18. The smallest absolute Gasteiger partial charge is 0.267 e. The molecule has 4 aromatic carbocycles. The lowest BCUT2D eigenvalue weighted by atomic mass is 10.1. The van der Waals surface area contributed by atoms with Crippen LogP contribution in [0.25, 0.3) is 17.0 Å². The Balaban J connectivity index is 1.44. The molecule has 0 bridgehead atoms. The molecular weight excluding hydrogens is 534 g/mol. The zero-order valence-electron chi connectivity index (χ0n) is 22.3. The lowest BCUT2D eigenvalue weighted by molar-refractivity contribution is -0.123. The molecule has 1 aromatic heterocycles. The summed E-state index contributed by atoms with van der Waals surface area (Å²) in [5.41, 5.74) is 6.33. The van der Waals surface area contributed by atoms with Gasteiger partial charge in [0, 0.05) is 33.7 Å². The molecule has 0 spiro atoms. The third-order valence-corrected chi connectivity index (χ3v) is 8.53. The van der Waals surface area contributed by atoms with Gasteiger partial charge in [-0.3, -0.25) is 9.69 Å². The monoisotopic (exact) mass is 561 g/mol. The molecule has 6 heteroatoms. The van der Waals surface area contributed by atoms with Crippen molar-refractivity contribution in [1.29, 1.82) is 0 Å². The second kappa shape index (κ2) is 11.2. The summed E-state index contributed by atoms with van der Waals surface area (Å²) in [6, 6.07) is 36.1. The van der Waals surface area contributed by atoms with E-state index in [1.807, 2.05) is 77.7 Å². The van der Waals surface area contributed by atoms with Crippen LogP contribution in [0.4, 0.5) is 5.69 Å². The number of nitrogens with zero attached hydrogens (tertiary/aromatic N) is 3. The third kappa shape index (κ3) is 5.10. The Kier molecular flexibility index (Phi) is 7.33. The summed E-state index contributed by atoms with van der Waals surface area (Å²) in [7, 11) is 0. The molecule has 0 aliphatic carbocycles. The van der Waals surface area contributed by atoms with Crippen LogP contribution in [0.1, 0.15) is 35.3 Å². The highest BCUT2D eigenvalue weighted by atomic mass is 35.5. The highest BCUT2D eigenvalue weighted by Gasteiger charge is 2.37. The summed E-state index contributed by atoms with van der Waals surface area (Å²) in [6.45, 7) is 4.89. The van der Waals surface area contributed by atoms with E-state index in [2.05, 4.69) is 60.9 Å². The fourth-order valence-electron chi connectivity index (χ4n) is 5.15. The first-order valence-electron chi connectivity index (χ1n) is 13.2. The maximum atomic E-state index is 14.0. The number of hydrogen-bond acceptors (Lipinski definition) is 3. The SMILES string of the molecule is Cc1c(/C=C2/SC(=Nc3ccccc3)N([C@@H](C)c3ccccc3)C2=O)c2ccccc2n1Cc1ccc(Cl)cc1. The second-order valence-corrected chi connectivity index (χ2v) is 11.3. The van der Waals surface area contributed by atoms with Gasteiger partial charge in [0.1, 0.15) is 0 Å². The molecule has 1 saturated heterocycles. The lowest BCUT2D eigenvalue weighted by Gasteiger charge is -2.24. The number of carbonyl (C=O) groups excluding carboxylic acids is 1. The predicted molar refractivity (Wildman–Crippen MR) is 168 cm³/mol.